The van der Waals surface area contributed by atoms with Crippen molar-refractivity contribution in [2.75, 3.05) is 23.3 Å². The van der Waals surface area contributed by atoms with Gasteiger partial charge in [0.2, 0.25) is 0 Å². The molecule has 0 bridgehead atoms. The van der Waals surface area contributed by atoms with E-state index >= 15 is 0 Å². The Morgan fingerprint density at radius 3 is 2.41 bits per heavy atom. The molecule has 1 heterocycles. The summed E-state index contributed by atoms with van der Waals surface area (Å²) in [6.07, 6.45) is 3.86. The number of ether oxygens (including phenoxy) is 1. The maximum absolute atomic E-state index is 11.1. The lowest BCUT2D eigenvalue weighted by Crippen LogP contribution is -2.29. The van der Waals surface area contributed by atoms with Gasteiger partial charge in [0, 0.05) is 18.8 Å². The first-order valence-electron chi connectivity index (χ1n) is 5.91. The Labute approximate surface area is 110 Å². The first-order chi connectivity index (χ1) is 8.29. The molecule has 1 aromatic rings. The van der Waals surface area contributed by atoms with E-state index in [-0.39, 0.29) is 11.3 Å². The van der Waals surface area contributed by atoms with Crippen molar-refractivity contribution in [2.24, 2.45) is 0 Å². The first-order valence-corrected chi connectivity index (χ1v) is 7.03. The van der Waals surface area contributed by atoms with E-state index in [4.69, 9.17) is 4.74 Å². The minimum Gasteiger partial charge on any atom is -0.426 e. The molecule has 1 aromatic carbocycles. The molecule has 0 radical (unpaired) electrons. The van der Waals surface area contributed by atoms with Crippen molar-refractivity contribution in [1.82, 2.24) is 0 Å². The number of anilines is 1. The van der Waals surface area contributed by atoms with E-state index in [1.54, 1.807) is 0 Å². The molecule has 0 atom stereocenters. The number of rotatable bonds is 3. The van der Waals surface area contributed by atoms with Gasteiger partial charge in [-0.05, 0) is 43.5 Å². The summed E-state index contributed by atoms with van der Waals surface area (Å²) in [5.41, 5.74) is 1.21. The summed E-state index contributed by atoms with van der Waals surface area (Å²) in [7, 11) is 0. The predicted octanol–water partition coefficient (Wildman–Crippen LogP) is 2.98. The van der Waals surface area contributed by atoms with Gasteiger partial charge in [-0.2, -0.15) is 0 Å². The third-order valence-electron chi connectivity index (χ3n) is 2.90. The predicted molar refractivity (Wildman–Crippen MR) is 71.9 cm³/mol. The van der Waals surface area contributed by atoms with Gasteiger partial charge in [0.05, 0.1) is 0 Å². The average molecular weight is 298 g/mol. The van der Waals surface area contributed by atoms with Gasteiger partial charge in [0.1, 0.15) is 11.1 Å². The molecule has 1 saturated heterocycles. The molecule has 0 unspecified atom stereocenters. The summed E-state index contributed by atoms with van der Waals surface area (Å²) >= 11 is 3.07. The van der Waals surface area contributed by atoms with Crippen LogP contribution in [0.3, 0.4) is 0 Å². The number of alkyl halides is 1. The SMILES string of the molecule is O=C(CBr)Oc1ccc(N2CCCCC2)cc1. The Bertz CT molecular complexity index is 372. The van der Waals surface area contributed by atoms with Crippen molar-refractivity contribution in [3.63, 3.8) is 0 Å². The third kappa shape index (κ3) is 3.46. The van der Waals surface area contributed by atoms with Crippen LogP contribution in [0.5, 0.6) is 5.75 Å². The second-order valence-electron chi connectivity index (χ2n) is 4.15. The molecule has 0 spiro atoms. The average Bonchev–Trinajstić information content (AvgIpc) is 2.40. The van der Waals surface area contributed by atoms with Gasteiger partial charge in [0.15, 0.2) is 0 Å². The molecule has 3 nitrogen and oxygen atoms in total. The molecule has 17 heavy (non-hydrogen) atoms. The van der Waals surface area contributed by atoms with E-state index in [9.17, 15) is 4.79 Å². The van der Waals surface area contributed by atoms with E-state index in [0.717, 1.165) is 13.1 Å². The van der Waals surface area contributed by atoms with Gasteiger partial charge in [-0.15, -0.1) is 0 Å². The van der Waals surface area contributed by atoms with Gasteiger partial charge in [-0.25, -0.2) is 0 Å². The number of carbonyl (C=O) groups excluding carboxylic acids is 1. The normalized spacial score (nSPS) is 15.7. The van der Waals surface area contributed by atoms with E-state index in [1.165, 1.54) is 24.9 Å². The Balaban J connectivity index is 1.99. The van der Waals surface area contributed by atoms with Crippen LogP contribution in [-0.4, -0.2) is 24.4 Å². The number of hydrogen-bond donors (Lipinski definition) is 0. The van der Waals surface area contributed by atoms with Crippen molar-refractivity contribution in [2.45, 2.75) is 19.3 Å². The highest BCUT2D eigenvalue weighted by atomic mass is 79.9. The minimum absolute atomic E-state index is 0.223. The largest absolute Gasteiger partial charge is 0.426 e. The molecule has 2 rings (SSSR count). The molecule has 0 N–H and O–H groups in total. The first kappa shape index (κ1) is 12.4. The quantitative estimate of drug-likeness (QED) is 0.488. The van der Waals surface area contributed by atoms with Crippen LogP contribution in [0.1, 0.15) is 19.3 Å². The molecule has 1 aliphatic rings. The monoisotopic (exact) mass is 297 g/mol. The summed E-state index contributed by atoms with van der Waals surface area (Å²) in [4.78, 5) is 13.5. The fourth-order valence-corrected chi connectivity index (χ4v) is 2.15. The summed E-state index contributed by atoms with van der Waals surface area (Å²) in [6.45, 7) is 2.25. The van der Waals surface area contributed by atoms with Crippen LogP contribution < -0.4 is 9.64 Å². The molecule has 4 heteroatoms. The van der Waals surface area contributed by atoms with Crippen LogP contribution >= 0.6 is 15.9 Å². The molecule has 1 fully saturated rings. The van der Waals surface area contributed by atoms with E-state index in [0.29, 0.717) is 5.75 Å². The highest BCUT2D eigenvalue weighted by Crippen LogP contribution is 2.22. The summed E-state index contributed by atoms with van der Waals surface area (Å²) in [6, 6.07) is 7.74. The van der Waals surface area contributed by atoms with Crippen LogP contribution in [0.25, 0.3) is 0 Å². The molecule has 0 saturated carbocycles. The number of benzene rings is 1. The van der Waals surface area contributed by atoms with Crippen molar-refractivity contribution in [3.8, 4) is 5.75 Å². The van der Waals surface area contributed by atoms with Gasteiger partial charge >= 0.3 is 5.97 Å². The van der Waals surface area contributed by atoms with Crippen molar-refractivity contribution in [1.29, 1.82) is 0 Å². The Morgan fingerprint density at radius 1 is 1.18 bits per heavy atom. The highest BCUT2D eigenvalue weighted by molar-refractivity contribution is 9.09. The third-order valence-corrected chi connectivity index (χ3v) is 3.36. The number of esters is 1. The second kappa shape index (κ2) is 6.05. The Kier molecular flexibility index (Phi) is 4.42. The maximum Gasteiger partial charge on any atom is 0.321 e. The Hall–Kier alpha value is -1.03. The van der Waals surface area contributed by atoms with E-state index in [1.807, 2.05) is 24.3 Å². The Morgan fingerprint density at radius 2 is 1.82 bits per heavy atom. The summed E-state index contributed by atoms with van der Waals surface area (Å²) in [5.74, 6) is 0.339. The van der Waals surface area contributed by atoms with Crippen LogP contribution in [0, 0.1) is 0 Å². The van der Waals surface area contributed by atoms with E-state index < -0.39 is 0 Å². The van der Waals surface area contributed by atoms with Gasteiger partial charge < -0.3 is 9.64 Å². The standard InChI is InChI=1S/C13H16BrNO2/c14-10-13(16)17-12-6-4-11(5-7-12)15-8-2-1-3-9-15/h4-7H,1-3,8-10H2. The van der Waals surface area contributed by atoms with Gasteiger partial charge in [0.25, 0.3) is 0 Å². The van der Waals surface area contributed by atoms with Crippen LogP contribution in [0.2, 0.25) is 0 Å². The van der Waals surface area contributed by atoms with Crippen LogP contribution in [0.15, 0.2) is 24.3 Å². The molecule has 92 valence electrons. The fraction of sp³-hybridized carbons (Fsp3) is 0.462. The zero-order valence-corrected chi connectivity index (χ0v) is 11.3. The molecule has 1 aliphatic heterocycles. The molecular formula is C13H16BrNO2. The number of halogens is 1. The minimum atomic E-state index is -0.268. The highest BCUT2D eigenvalue weighted by Gasteiger charge is 2.11. The van der Waals surface area contributed by atoms with Crippen molar-refractivity contribution >= 4 is 27.6 Å². The number of carbonyl (C=O) groups is 1. The zero-order chi connectivity index (χ0) is 12.1. The number of piperidine rings is 1. The lowest BCUT2D eigenvalue weighted by Gasteiger charge is -2.28. The van der Waals surface area contributed by atoms with E-state index in [2.05, 4.69) is 20.8 Å². The summed E-state index contributed by atoms with van der Waals surface area (Å²) in [5, 5.41) is 0.223. The molecule has 0 amide bonds. The number of hydrogen-bond acceptors (Lipinski definition) is 3. The van der Waals surface area contributed by atoms with Crippen LogP contribution in [0.4, 0.5) is 5.69 Å². The van der Waals surface area contributed by atoms with Crippen LogP contribution in [-0.2, 0) is 4.79 Å². The topological polar surface area (TPSA) is 29.5 Å². The maximum atomic E-state index is 11.1. The summed E-state index contributed by atoms with van der Waals surface area (Å²) < 4.78 is 5.10. The number of nitrogens with zero attached hydrogens (tertiary/aromatic N) is 1. The lowest BCUT2D eigenvalue weighted by atomic mass is 10.1. The van der Waals surface area contributed by atoms with Gasteiger partial charge in [-0.1, -0.05) is 15.9 Å². The molecular weight excluding hydrogens is 282 g/mol. The fourth-order valence-electron chi connectivity index (χ4n) is 2.04. The smallest absolute Gasteiger partial charge is 0.321 e. The molecule has 0 aromatic heterocycles. The molecule has 0 aliphatic carbocycles. The van der Waals surface area contributed by atoms with Gasteiger partial charge in [-0.3, -0.25) is 4.79 Å². The van der Waals surface area contributed by atoms with Crippen molar-refractivity contribution < 1.29 is 9.53 Å². The second-order valence-corrected chi connectivity index (χ2v) is 4.71. The lowest BCUT2D eigenvalue weighted by molar-refractivity contribution is -0.131. The zero-order valence-electron chi connectivity index (χ0n) is 9.69. The van der Waals surface area contributed by atoms with Crippen molar-refractivity contribution in [3.05, 3.63) is 24.3 Å².